The number of nitrogens with one attached hydrogen (secondary N) is 1. The number of hydrogen-bond donors (Lipinski definition) is 2. The Balaban J connectivity index is 2.06. The zero-order valence-corrected chi connectivity index (χ0v) is 17.5. The summed E-state index contributed by atoms with van der Waals surface area (Å²) in [5.41, 5.74) is 2.91. The number of aryl methyl sites for hydroxylation is 1. The molecular formula is C21H27N2O3S+. The molecule has 1 aromatic carbocycles. The van der Waals surface area contributed by atoms with Gasteiger partial charge in [-0.2, -0.15) is 0 Å². The fraction of sp³-hybridized carbons (Fsp3) is 0.429. The van der Waals surface area contributed by atoms with Gasteiger partial charge in [-0.05, 0) is 52.3 Å². The minimum absolute atomic E-state index is 0.0431. The molecule has 27 heavy (non-hydrogen) atoms. The third kappa shape index (κ3) is 3.77. The van der Waals surface area contributed by atoms with Crippen molar-refractivity contribution >= 4 is 28.2 Å². The Morgan fingerprint density at radius 3 is 2.37 bits per heavy atom. The van der Waals surface area contributed by atoms with Crippen molar-refractivity contribution in [2.24, 2.45) is 0 Å². The highest BCUT2D eigenvalue weighted by Crippen LogP contribution is 2.42. The van der Waals surface area contributed by atoms with Crippen LogP contribution in [0.15, 0.2) is 24.3 Å². The SMILES string of the molecule is COC(=O)c1c(NC(=O)c2ccc(C)cc2)sc2c1CC(C)(C)[NH2+]C2(C)C. The Morgan fingerprint density at radius 2 is 1.78 bits per heavy atom. The summed E-state index contributed by atoms with van der Waals surface area (Å²) in [5.74, 6) is -0.625. The highest BCUT2D eigenvalue weighted by atomic mass is 32.1. The van der Waals surface area contributed by atoms with E-state index in [9.17, 15) is 9.59 Å². The number of amides is 1. The molecule has 3 rings (SSSR count). The maximum Gasteiger partial charge on any atom is 0.341 e. The van der Waals surface area contributed by atoms with Crippen LogP contribution in [0, 0.1) is 6.92 Å². The average Bonchev–Trinajstić information content (AvgIpc) is 2.91. The average molecular weight is 388 g/mol. The summed E-state index contributed by atoms with van der Waals surface area (Å²) < 4.78 is 5.05. The zero-order chi connectivity index (χ0) is 20.0. The number of hydrogen-bond acceptors (Lipinski definition) is 4. The molecule has 0 aliphatic carbocycles. The van der Waals surface area contributed by atoms with Crippen LogP contribution in [0.5, 0.6) is 0 Å². The molecule has 0 radical (unpaired) electrons. The molecule has 5 nitrogen and oxygen atoms in total. The molecule has 1 aliphatic rings. The Labute approximate surface area is 164 Å². The highest BCUT2D eigenvalue weighted by Gasteiger charge is 2.45. The van der Waals surface area contributed by atoms with Gasteiger partial charge in [0, 0.05) is 12.0 Å². The minimum atomic E-state index is -0.403. The summed E-state index contributed by atoms with van der Waals surface area (Å²) in [4.78, 5) is 26.4. The fourth-order valence-corrected chi connectivity index (χ4v) is 5.27. The van der Waals surface area contributed by atoms with E-state index >= 15 is 0 Å². The number of thiophene rings is 1. The van der Waals surface area contributed by atoms with Crippen molar-refractivity contribution in [3.05, 3.63) is 51.4 Å². The number of anilines is 1. The number of fused-ring (bicyclic) bond motifs is 1. The molecule has 2 aromatic rings. The molecule has 0 spiro atoms. The molecule has 1 aromatic heterocycles. The van der Waals surface area contributed by atoms with Gasteiger partial charge >= 0.3 is 5.97 Å². The van der Waals surface area contributed by atoms with Gasteiger partial charge in [0.1, 0.15) is 10.5 Å². The molecule has 2 heterocycles. The molecule has 0 saturated heterocycles. The Morgan fingerprint density at radius 1 is 1.15 bits per heavy atom. The summed E-state index contributed by atoms with van der Waals surface area (Å²) in [7, 11) is 1.38. The number of quaternary nitrogens is 1. The van der Waals surface area contributed by atoms with Gasteiger partial charge in [-0.25, -0.2) is 4.79 Å². The summed E-state index contributed by atoms with van der Waals surface area (Å²) >= 11 is 1.48. The molecule has 0 fully saturated rings. The van der Waals surface area contributed by atoms with E-state index in [0.29, 0.717) is 16.1 Å². The van der Waals surface area contributed by atoms with E-state index in [1.165, 1.54) is 18.4 Å². The number of rotatable bonds is 3. The number of nitrogens with two attached hydrogens (primary N) is 1. The Bertz CT molecular complexity index is 895. The van der Waals surface area contributed by atoms with E-state index < -0.39 is 5.97 Å². The first-order valence-corrected chi connectivity index (χ1v) is 9.85. The van der Waals surface area contributed by atoms with E-state index in [4.69, 9.17) is 4.74 Å². The maximum absolute atomic E-state index is 12.7. The second-order valence-corrected chi connectivity index (χ2v) is 9.48. The lowest BCUT2D eigenvalue weighted by atomic mass is 9.81. The van der Waals surface area contributed by atoms with Gasteiger partial charge in [0.15, 0.2) is 0 Å². The molecular weight excluding hydrogens is 360 g/mol. The lowest BCUT2D eigenvalue weighted by Gasteiger charge is -2.38. The van der Waals surface area contributed by atoms with Gasteiger partial charge in [-0.3, -0.25) is 4.79 Å². The van der Waals surface area contributed by atoms with Crippen molar-refractivity contribution in [1.29, 1.82) is 0 Å². The van der Waals surface area contributed by atoms with Crippen molar-refractivity contribution in [1.82, 2.24) is 0 Å². The molecule has 1 aliphatic heterocycles. The third-order valence-electron chi connectivity index (χ3n) is 4.91. The van der Waals surface area contributed by atoms with Crippen molar-refractivity contribution in [3.63, 3.8) is 0 Å². The second-order valence-electron chi connectivity index (χ2n) is 8.46. The van der Waals surface area contributed by atoms with Gasteiger partial charge in [-0.1, -0.05) is 17.7 Å². The first-order valence-electron chi connectivity index (χ1n) is 9.03. The number of ether oxygens (including phenoxy) is 1. The standard InChI is InChI=1S/C21H26N2O3S/c1-12-7-9-13(10-8-12)17(24)22-18-15(19(25)26-6)14-11-20(2,3)23-21(4,5)16(14)27-18/h7-10,23H,11H2,1-6H3,(H,22,24)/p+1. The van der Waals surface area contributed by atoms with Gasteiger partial charge in [0.25, 0.3) is 5.91 Å². The molecule has 6 heteroatoms. The van der Waals surface area contributed by atoms with Crippen molar-refractivity contribution < 1.29 is 19.6 Å². The van der Waals surface area contributed by atoms with Gasteiger partial charge in [0.2, 0.25) is 0 Å². The van der Waals surface area contributed by atoms with Gasteiger partial charge in [-0.15, -0.1) is 11.3 Å². The molecule has 0 atom stereocenters. The number of carbonyl (C=O) groups excluding carboxylic acids is 2. The largest absolute Gasteiger partial charge is 0.465 e. The van der Waals surface area contributed by atoms with Crippen LogP contribution in [0.4, 0.5) is 5.00 Å². The predicted octanol–water partition coefficient (Wildman–Crippen LogP) is 3.23. The first kappa shape index (κ1) is 19.6. The quantitative estimate of drug-likeness (QED) is 0.794. The van der Waals surface area contributed by atoms with Crippen LogP contribution in [0.2, 0.25) is 0 Å². The monoisotopic (exact) mass is 387 g/mol. The third-order valence-corrected chi connectivity index (χ3v) is 6.39. The van der Waals surface area contributed by atoms with E-state index in [0.717, 1.165) is 22.4 Å². The number of carbonyl (C=O) groups is 2. The number of benzene rings is 1. The highest BCUT2D eigenvalue weighted by molar-refractivity contribution is 7.17. The van der Waals surface area contributed by atoms with Crippen LogP contribution in [0.3, 0.4) is 0 Å². The van der Waals surface area contributed by atoms with Crippen LogP contribution >= 0.6 is 11.3 Å². The van der Waals surface area contributed by atoms with E-state index in [-0.39, 0.29) is 17.0 Å². The fourth-order valence-electron chi connectivity index (χ4n) is 3.99. The lowest BCUT2D eigenvalue weighted by Crippen LogP contribution is -3.03. The van der Waals surface area contributed by atoms with Crippen LogP contribution in [0.1, 0.15) is 64.4 Å². The number of esters is 1. The molecule has 3 N–H and O–H groups in total. The van der Waals surface area contributed by atoms with Crippen LogP contribution < -0.4 is 10.6 Å². The second kappa shape index (κ2) is 6.77. The summed E-state index contributed by atoms with van der Waals surface area (Å²) in [5, 5.41) is 5.84. The van der Waals surface area contributed by atoms with Crippen LogP contribution in [-0.4, -0.2) is 24.5 Å². The van der Waals surface area contributed by atoms with Crippen LogP contribution in [-0.2, 0) is 16.7 Å². The van der Waals surface area contributed by atoms with Gasteiger partial charge in [0.05, 0.1) is 23.1 Å². The first-order chi connectivity index (χ1) is 12.5. The number of methoxy groups -OCH3 is 1. The molecule has 0 saturated carbocycles. The summed E-state index contributed by atoms with van der Waals surface area (Å²) in [6.07, 6.45) is 0.743. The van der Waals surface area contributed by atoms with E-state index in [2.05, 4.69) is 38.3 Å². The Kier molecular flexibility index (Phi) is 4.91. The van der Waals surface area contributed by atoms with Crippen LogP contribution in [0.25, 0.3) is 0 Å². The minimum Gasteiger partial charge on any atom is -0.465 e. The summed E-state index contributed by atoms with van der Waals surface area (Å²) in [6, 6.07) is 7.37. The molecule has 0 bridgehead atoms. The molecule has 1 amide bonds. The van der Waals surface area contributed by atoms with Crippen molar-refractivity contribution in [2.45, 2.75) is 52.1 Å². The predicted molar refractivity (Wildman–Crippen MR) is 108 cm³/mol. The van der Waals surface area contributed by atoms with E-state index in [1.54, 1.807) is 12.1 Å². The Hall–Kier alpha value is -2.18. The lowest BCUT2D eigenvalue weighted by molar-refractivity contribution is -0.789. The maximum atomic E-state index is 12.7. The normalized spacial score (nSPS) is 17.1. The van der Waals surface area contributed by atoms with Gasteiger partial charge < -0.3 is 15.4 Å². The van der Waals surface area contributed by atoms with Crippen molar-refractivity contribution in [2.75, 3.05) is 12.4 Å². The van der Waals surface area contributed by atoms with Crippen molar-refractivity contribution in [3.8, 4) is 0 Å². The van der Waals surface area contributed by atoms with E-state index in [1.807, 2.05) is 19.1 Å². The molecule has 0 unspecified atom stereocenters. The summed E-state index contributed by atoms with van der Waals surface area (Å²) in [6.45, 7) is 10.6. The molecule has 144 valence electrons. The topological polar surface area (TPSA) is 72.0 Å². The zero-order valence-electron chi connectivity index (χ0n) is 16.7. The smallest absolute Gasteiger partial charge is 0.341 e.